The quantitative estimate of drug-likeness (QED) is 0.770. The van der Waals surface area contributed by atoms with Crippen LogP contribution >= 0.6 is 0 Å². The van der Waals surface area contributed by atoms with Crippen molar-refractivity contribution in [2.75, 3.05) is 0 Å². The van der Waals surface area contributed by atoms with Crippen molar-refractivity contribution in [3.63, 3.8) is 0 Å². The Bertz CT molecular complexity index is 585. The molecule has 0 N–H and O–H groups in total. The smallest absolute Gasteiger partial charge is 0.193 e. The van der Waals surface area contributed by atoms with Crippen molar-refractivity contribution in [1.82, 2.24) is 0 Å². The van der Waals surface area contributed by atoms with Crippen LogP contribution in [-0.4, -0.2) is 11.9 Å². The van der Waals surface area contributed by atoms with Gasteiger partial charge in [-0.1, -0.05) is 35.9 Å². The molecule has 98 valence electrons. The lowest BCUT2D eigenvalue weighted by Gasteiger charge is -2.10. The number of hydrogen-bond acceptors (Lipinski definition) is 2. The number of benzene rings is 2. The Kier molecular flexibility index (Phi) is 4.00. The number of ether oxygens (including phenoxy) is 1. The SMILES string of the molecule is Cc1cccc(C(=O)c2cccc(OC(C)C)c2)c1. The Labute approximate surface area is 114 Å². The fourth-order valence-electron chi connectivity index (χ4n) is 1.94. The third-order valence-corrected chi connectivity index (χ3v) is 2.75. The molecule has 2 aromatic rings. The number of carbonyl (C=O) groups is 1. The van der Waals surface area contributed by atoms with Crippen LogP contribution in [0.1, 0.15) is 35.3 Å². The lowest BCUT2D eigenvalue weighted by atomic mass is 10.0. The largest absolute Gasteiger partial charge is 0.491 e. The predicted molar refractivity (Wildman–Crippen MR) is 76.8 cm³/mol. The number of aryl methyl sites for hydroxylation is 1. The van der Waals surface area contributed by atoms with Crippen molar-refractivity contribution < 1.29 is 9.53 Å². The van der Waals surface area contributed by atoms with Gasteiger partial charge in [0, 0.05) is 11.1 Å². The van der Waals surface area contributed by atoms with Gasteiger partial charge in [-0.2, -0.15) is 0 Å². The molecule has 0 fully saturated rings. The third-order valence-electron chi connectivity index (χ3n) is 2.75. The van der Waals surface area contributed by atoms with Crippen LogP contribution in [0.4, 0.5) is 0 Å². The van der Waals surface area contributed by atoms with Gasteiger partial charge in [-0.3, -0.25) is 4.79 Å². The summed E-state index contributed by atoms with van der Waals surface area (Å²) >= 11 is 0. The molecule has 0 aromatic heterocycles. The lowest BCUT2D eigenvalue weighted by molar-refractivity contribution is 0.103. The van der Waals surface area contributed by atoms with Crippen LogP contribution < -0.4 is 4.74 Å². The van der Waals surface area contributed by atoms with E-state index in [4.69, 9.17) is 4.74 Å². The Morgan fingerprint density at radius 3 is 2.26 bits per heavy atom. The monoisotopic (exact) mass is 254 g/mol. The van der Waals surface area contributed by atoms with Crippen LogP contribution in [0.3, 0.4) is 0 Å². The first-order valence-electron chi connectivity index (χ1n) is 6.44. The second-order valence-electron chi connectivity index (χ2n) is 4.89. The highest BCUT2D eigenvalue weighted by molar-refractivity contribution is 6.09. The second-order valence-corrected chi connectivity index (χ2v) is 4.89. The lowest BCUT2D eigenvalue weighted by Crippen LogP contribution is -2.07. The average molecular weight is 254 g/mol. The van der Waals surface area contributed by atoms with Gasteiger partial charge in [0.05, 0.1) is 6.10 Å². The van der Waals surface area contributed by atoms with Crippen molar-refractivity contribution in [1.29, 1.82) is 0 Å². The second kappa shape index (κ2) is 5.70. The highest BCUT2D eigenvalue weighted by atomic mass is 16.5. The van der Waals surface area contributed by atoms with Gasteiger partial charge in [-0.25, -0.2) is 0 Å². The number of carbonyl (C=O) groups excluding carboxylic acids is 1. The maximum Gasteiger partial charge on any atom is 0.193 e. The zero-order valence-electron chi connectivity index (χ0n) is 11.5. The summed E-state index contributed by atoms with van der Waals surface area (Å²) in [5, 5.41) is 0. The van der Waals surface area contributed by atoms with E-state index in [1.807, 2.05) is 63.2 Å². The van der Waals surface area contributed by atoms with E-state index >= 15 is 0 Å². The first-order chi connectivity index (χ1) is 9.06. The van der Waals surface area contributed by atoms with E-state index in [1.165, 1.54) is 0 Å². The van der Waals surface area contributed by atoms with E-state index < -0.39 is 0 Å². The van der Waals surface area contributed by atoms with Gasteiger partial charge in [0.1, 0.15) is 5.75 Å². The van der Waals surface area contributed by atoms with E-state index in [0.29, 0.717) is 11.1 Å². The molecule has 19 heavy (non-hydrogen) atoms. The fraction of sp³-hybridized carbons (Fsp3) is 0.235. The van der Waals surface area contributed by atoms with E-state index in [1.54, 1.807) is 6.07 Å². The Morgan fingerprint density at radius 2 is 1.63 bits per heavy atom. The molecule has 2 nitrogen and oxygen atoms in total. The molecule has 2 rings (SSSR count). The first-order valence-corrected chi connectivity index (χ1v) is 6.44. The molecule has 0 atom stereocenters. The summed E-state index contributed by atoms with van der Waals surface area (Å²) in [5.74, 6) is 0.756. The number of ketones is 1. The molecular weight excluding hydrogens is 236 g/mol. The molecule has 0 aliphatic carbocycles. The van der Waals surface area contributed by atoms with Gasteiger partial charge in [0.2, 0.25) is 0 Å². The molecule has 0 saturated heterocycles. The van der Waals surface area contributed by atoms with Crippen molar-refractivity contribution in [3.8, 4) is 5.75 Å². The van der Waals surface area contributed by atoms with Crippen LogP contribution in [0.25, 0.3) is 0 Å². The molecule has 2 aromatic carbocycles. The molecule has 2 heteroatoms. The molecule has 0 unspecified atom stereocenters. The molecule has 0 spiro atoms. The van der Waals surface area contributed by atoms with Crippen LogP contribution in [0, 0.1) is 6.92 Å². The number of hydrogen-bond donors (Lipinski definition) is 0. The highest BCUT2D eigenvalue weighted by Crippen LogP contribution is 2.18. The van der Waals surface area contributed by atoms with Gasteiger partial charge in [-0.05, 0) is 39.0 Å². The summed E-state index contributed by atoms with van der Waals surface area (Å²) in [5.41, 5.74) is 2.45. The minimum atomic E-state index is 0.0258. The number of rotatable bonds is 4. The normalized spacial score (nSPS) is 10.5. The van der Waals surface area contributed by atoms with Crippen LogP contribution in [0.5, 0.6) is 5.75 Å². The van der Waals surface area contributed by atoms with Gasteiger partial charge >= 0.3 is 0 Å². The summed E-state index contributed by atoms with van der Waals surface area (Å²) in [6, 6.07) is 15.0. The van der Waals surface area contributed by atoms with E-state index in [-0.39, 0.29) is 11.9 Å². The summed E-state index contributed by atoms with van der Waals surface area (Å²) in [4.78, 5) is 12.4. The standard InChI is InChI=1S/C17H18O2/c1-12(2)19-16-9-5-8-15(11-16)17(18)14-7-4-6-13(3)10-14/h4-12H,1-3H3. The molecule has 0 bridgehead atoms. The van der Waals surface area contributed by atoms with Crippen LogP contribution in [-0.2, 0) is 0 Å². The van der Waals surface area contributed by atoms with E-state index in [2.05, 4.69) is 0 Å². The minimum Gasteiger partial charge on any atom is -0.491 e. The highest BCUT2D eigenvalue weighted by Gasteiger charge is 2.10. The maximum absolute atomic E-state index is 12.4. The third kappa shape index (κ3) is 3.44. The Balaban J connectivity index is 2.29. The van der Waals surface area contributed by atoms with Crippen molar-refractivity contribution >= 4 is 5.78 Å². The summed E-state index contributed by atoms with van der Waals surface area (Å²) < 4.78 is 5.61. The molecular formula is C17H18O2. The van der Waals surface area contributed by atoms with Gasteiger partial charge in [0.25, 0.3) is 0 Å². The molecule has 0 radical (unpaired) electrons. The Morgan fingerprint density at radius 1 is 1.00 bits per heavy atom. The topological polar surface area (TPSA) is 26.3 Å². The zero-order chi connectivity index (χ0) is 13.8. The van der Waals surface area contributed by atoms with Crippen LogP contribution in [0.2, 0.25) is 0 Å². The predicted octanol–water partition coefficient (Wildman–Crippen LogP) is 4.01. The molecule has 0 aliphatic rings. The first kappa shape index (κ1) is 13.3. The van der Waals surface area contributed by atoms with Crippen molar-refractivity contribution in [3.05, 3.63) is 65.2 Å². The summed E-state index contributed by atoms with van der Waals surface area (Å²) in [6.45, 7) is 5.92. The van der Waals surface area contributed by atoms with Gasteiger partial charge < -0.3 is 4.74 Å². The van der Waals surface area contributed by atoms with Gasteiger partial charge in [-0.15, -0.1) is 0 Å². The molecule has 0 amide bonds. The van der Waals surface area contributed by atoms with Crippen molar-refractivity contribution in [2.24, 2.45) is 0 Å². The van der Waals surface area contributed by atoms with Crippen molar-refractivity contribution in [2.45, 2.75) is 26.9 Å². The van der Waals surface area contributed by atoms with E-state index in [0.717, 1.165) is 11.3 Å². The van der Waals surface area contributed by atoms with E-state index in [9.17, 15) is 4.79 Å². The minimum absolute atomic E-state index is 0.0258. The average Bonchev–Trinajstić information content (AvgIpc) is 2.37. The zero-order valence-corrected chi connectivity index (χ0v) is 11.5. The molecule has 0 heterocycles. The van der Waals surface area contributed by atoms with Crippen LogP contribution in [0.15, 0.2) is 48.5 Å². The molecule has 0 aliphatic heterocycles. The summed E-state index contributed by atoms with van der Waals surface area (Å²) in [7, 11) is 0. The van der Waals surface area contributed by atoms with Gasteiger partial charge in [0.15, 0.2) is 5.78 Å². The maximum atomic E-state index is 12.4. The molecule has 0 saturated carbocycles. The summed E-state index contributed by atoms with van der Waals surface area (Å²) in [6.07, 6.45) is 0.101. The fourth-order valence-corrected chi connectivity index (χ4v) is 1.94. The Hall–Kier alpha value is -2.09.